The van der Waals surface area contributed by atoms with E-state index in [0.717, 1.165) is 43.1 Å². The van der Waals surface area contributed by atoms with Gasteiger partial charge >= 0.3 is 0 Å². The lowest BCUT2D eigenvalue weighted by Gasteiger charge is -2.22. The summed E-state index contributed by atoms with van der Waals surface area (Å²) in [5, 5.41) is 3.07. The number of rotatable bonds is 5. The molecule has 4 heteroatoms. The summed E-state index contributed by atoms with van der Waals surface area (Å²) in [5.41, 5.74) is 2.29. The molecule has 0 spiro atoms. The number of hydrogen-bond acceptors (Lipinski definition) is 3. The minimum atomic E-state index is 0.0881. The average Bonchev–Trinajstić information content (AvgIpc) is 3.04. The summed E-state index contributed by atoms with van der Waals surface area (Å²) < 4.78 is 11.1. The molecule has 2 heterocycles. The Balaban J connectivity index is 1.50. The molecule has 0 bridgehead atoms. The fourth-order valence-electron chi connectivity index (χ4n) is 2.76. The van der Waals surface area contributed by atoms with E-state index in [1.54, 1.807) is 0 Å². The van der Waals surface area contributed by atoms with Gasteiger partial charge in [-0.15, -0.1) is 0 Å². The van der Waals surface area contributed by atoms with Gasteiger partial charge in [-0.3, -0.25) is 4.79 Å². The first-order chi connectivity index (χ1) is 11.2. The molecule has 1 aromatic heterocycles. The Morgan fingerprint density at radius 2 is 1.87 bits per heavy atom. The van der Waals surface area contributed by atoms with Crippen LogP contribution in [0.15, 0.2) is 40.8 Å². The summed E-state index contributed by atoms with van der Waals surface area (Å²) in [7, 11) is 0. The number of nitrogens with one attached hydrogen (secondary N) is 1. The Labute approximate surface area is 136 Å². The number of ether oxygens (including phenoxy) is 1. The van der Waals surface area contributed by atoms with Crippen molar-refractivity contribution in [1.29, 1.82) is 0 Å². The van der Waals surface area contributed by atoms with Crippen molar-refractivity contribution >= 4 is 5.91 Å². The molecule has 4 nitrogen and oxygen atoms in total. The Morgan fingerprint density at radius 3 is 2.61 bits per heavy atom. The van der Waals surface area contributed by atoms with E-state index in [-0.39, 0.29) is 11.9 Å². The van der Waals surface area contributed by atoms with Gasteiger partial charge in [0.25, 0.3) is 0 Å². The number of furan rings is 1. The molecule has 1 aliphatic heterocycles. The Hall–Kier alpha value is -2.07. The molecular weight excluding hydrogens is 290 g/mol. The van der Waals surface area contributed by atoms with Crippen LogP contribution in [0, 0.1) is 6.92 Å². The van der Waals surface area contributed by atoms with Gasteiger partial charge in [0.05, 0.1) is 0 Å². The van der Waals surface area contributed by atoms with Crippen LogP contribution in [0.2, 0.25) is 0 Å². The Bertz CT molecular complexity index is 639. The summed E-state index contributed by atoms with van der Waals surface area (Å²) in [4.78, 5) is 12.0. The van der Waals surface area contributed by atoms with Crippen LogP contribution in [-0.2, 0) is 16.0 Å². The van der Waals surface area contributed by atoms with Crippen molar-refractivity contribution in [2.75, 3.05) is 13.2 Å². The molecule has 1 N–H and O–H groups in total. The highest BCUT2D eigenvalue weighted by atomic mass is 16.5. The van der Waals surface area contributed by atoms with Gasteiger partial charge in [-0.05, 0) is 31.9 Å². The first-order valence-corrected chi connectivity index (χ1v) is 8.23. The Morgan fingerprint density at radius 1 is 1.13 bits per heavy atom. The summed E-state index contributed by atoms with van der Waals surface area (Å²) in [6.07, 6.45) is 2.90. The maximum absolute atomic E-state index is 12.0. The highest BCUT2D eigenvalue weighted by molar-refractivity contribution is 5.76. The van der Waals surface area contributed by atoms with Gasteiger partial charge in [0.2, 0.25) is 5.91 Å². The van der Waals surface area contributed by atoms with E-state index in [2.05, 4.69) is 36.5 Å². The van der Waals surface area contributed by atoms with Crippen LogP contribution < -0.4 is 5.32 Å². The minimum Gasteiger partial charge on any atom is -0.461 e. The molecule has 122 valence electrons. The third-order valence-corrected chi connectivity index (χ3v) is 4.18. The highest BCUT2D eigenvalue weighted by Gasteiger charge is 2.16. The van der Waals surface area contributed by atoms with Crippen LogP contribution in [0.25, 0.3) is 11.3 Å². The number of hydrogen-bond donors (Lipinski definition) is 1. The van der Waals surface area contributed by atoms with E-state index in [1.807, 2.05) is 12.1 Å². The van der Waals surface area contributed by atoms with Crippen LogP contribution in [0.3, 0.4) is 0 Å². The van der Waals surface area contributed by atoms with Gasteiger partial charge in [-0.1, -0.05) is 29.8 Å². The molecule has 1 aliphatic rings. The van der Waals surface area contributed by atoms with E-state index in [1.165, 1.54) is 5.56 Å². The van der Waals surface area contributed by atoms with Crippen LogP contribution in [-0.4, -0.2) is 25.2 Å². The van der Waals surface area contributed by atoms with Gasteiger partial charge in [-0.25, -0.2) is 0 Å². The largest absolute Gasteiger partial charge is 0.461 e. The highest BCUT2D eigenvalue weighted by Crippen LogP contribution is 2.23. The van der Waals surface area contributed by atoms with Gasteiger partial charge in [0.1, 0.15) is 11.5 Å². The molecular formula is C19H23NO3. The Kier molecular flexibility index (Phi) is 5.13. The third-order valence-electron chi connectivity index (χ3n) is 4.18. The number of amides is 1. The molecule has 0 saturated carbocycles. The van der Waals surface area contributed by atoms with Crippen molar-refractivity contribution in [2.45, 2.75) is 38.6 Å². The maximum Gasteiger partial charge on any atom is 0.220 e. The van der Waals surface area contributed by atoms with Crippen LogP contribution in [0.4, 0.5) is 0 Å². The number of carbonyl (C=O) groups is 1. The predicted molar refractivity (Wildman–Crippen MR) is 89.2 cm³/mol. The average molecular weight is 313 g/mol. The summed E-state index contributed by atoms with van der Waals surface area (Å²) in [6.45, 7) is 3.54. The summed E-state index contributed by atoms with van der Waals surface area (Å²) in [5.74, 6) is 1.79. The quantitative estimate of drug-likeness (QED) is 0.919. The normalized spacial score (nSPS) is 15.5. The zero-order chi connectivity index (χ0) is 16.1. The molecule has 23 heavy (non-hydrogen) atoms. The SMILES string of the molecule is Cc1ccc(-c2ccc(CCC(=O)NC3CCOCC3)o2)cc1. The van der Waals surface area contributed by atoms with Gasteiger partial charge < -0.3 is 14.5 Å². The van der Waals surface area contributed by atoms with E-state index < -0.39 is 0 Å². The van der Waals surface area contributed by atoms with E-state index in [4.69, 9.17) is 9.15 Å². The summed E-state index contributed by atoms with van der Waals surface area (Å²) >= 11 is 0. The fourth-order valence-corrected chi connectivity index (χ4v) is 2.76. The zero-order valence-electron chi connectivity index (χ0n) is 13.5. The fraction of sp³-hybridized carbons (Fsp3) is 0.421. The molecule has 3 rings (SSSR count). The first kappa shape index (κ1) is 15.8. The molecule has 1 amide bonds. The predicted octanol–water partition coefficient (Wildman–Crippen LogP) is 3.48. The number of carbonyl (C=O) groups excluding carboxylic acids is 1. The minimum absolute atomic E-state index is 0.0881. The van der Waals surface area contributed by atoms with E-state index in [0.29, 0.717) is 12.8 Å². The molecule has 0 aliphatic carbocycles. The van der Waals surface area contributed by atoms with Crippen molar-refractivity contribution in [1.82, 2.24) is 5.32 Å². The second-order valence-corrected chi connectivity index (χ2v) is 6.09. The van der Waals surface area contributed by atoms with Crippen LogP contribution >= 0.6 is 0 Å². The standard InChI is InChI=1S/C19H23NO3/c1-14-2-4-15(5-3-14)18-8-6-17(23-18)7-9-19(21)20-16-10-12-22-13-11-16/h2-6,8,16H,7,9-13H2,1H3,(H,20,21). The molecule has 1 aromatic carbocycles. The van der Waals surface area contributed by atoms with E-state index in [9.17, 15) is 4.79 Å². The van der Waals surface area contributed by atoms with Crippen LogP contribution in [0.1, 0.15) is 30.6 Å². The topological polar surface area (TPSA) is 51.5 Å². The van der Waals surface area contributed by atoms with Gasteiger partial charge in [0.15, 0.2) is 0 Å². The van der Waals surface area contributed by atoms with Crippen molar-refractivity contribution in [2.24, 2.45) is 0 Å². The lowest BCUT2D eigenvalue weighted by Crippen LogP contribution is -2.38. The van der Waals surface area contributed by atoms with Crippen molar-refractivity contribution in [3.8, 4) is 11.3 Å². The van der Waals surface area contributed by atoms with Crippen molar-refractivity contribution < 1.29 is 13.9 Å². The maximum atomic E-state index is 12.0. The van der Waals surface area contributed by atoms with Crippen molar-refractivity contribution in [3.05, 3.63) is 47.7 Å². The summed E-state index contributed by atoms with van der Waals surface area (Å²) in [6, 6.07) is 12.4. The lowest BCUT2D eigenvalue weighted by molar-refractivity contribution is -0.122. The molecule has 1 saturated heterocycles. The van der Waals surface area contributed by atoms with E-state index >= 15 is 0 Å². The molecule has 0 unspecified atom stereocenters. The molecule has 0 radical (unpaired) electrons. The zero-order valence-corrected chi connectivity index (χ0v) is 13.5. The lowest BCUT2D eigenvalue weighted by atomic mass is 10.1. The third kappa shape index (κ3) is 4.45. The second kappa shape index (κ2) is 7.47. The smallest absolute Gasteiger partial charge is 0.220 e. The molecule has 0 atom stereocenters. The number of benzene rings is 1. The van der Waals surface area contributed by atoms with Crippen molar-refractivity contribution in [3.63, 3.8) is 0 Å². The number of aryl methyl sites for hydroxylation is 2. The van der Waals surface area contributed by atoms with Gasteiger partial charge in [-0.2, -0.15) is 0 Å². The first-order valence-electron chi connectivity index (χ1n) is 8.23. The molecule has 1 fully saturated rings. The van der Waals surface area contributed by atoms with Gasteiger partial charge in [0, 0.05) is 37.7 Å². The monoisotopic (exact) mass is 313 g/mol. The second-order valence-electron chi connectivity index (χ2n) is 6.09. The van der Waals surface area contributed by atoms with Crippen LogP contribution in [0.5, 0.6) is 0 Å². The molecule has 2 aromatic rings.